The zero-order valence-electron chi connectivity index (χ0n) is 31.8. The number of hydrogen-bond acceptors (Lipinski definition) is 16. The van der Waals surface area contributed by atoms with E-state index >= 15 is 0 Å². The predicted molar refractivity (Wildman–Crippen MR) is 201 cm³/mol. The van der Waals surface area contributed by atoms with Gasteiger partial charge in [0.25, 0.3) is 0 Å². The van der Waals surface area contributed by atoms with Crippen molar-refractivity contribution in [3.63, 3.8) is 0 Å². The molecule has 3 aromatic carbocycles. The number of ether oxygens (including phenoxy) is 4. The van der Waals surface area contributed by atoms with Crippen molar-refractivity contribution >= 4 is 41.0 Å². The minimum absolute atomic E-state index is 0.0384. The molecule has 1 heterocycles. The first-order valence-corrected chi connectivity index (χ1v) is 18.5. The van der Waals surface area contributed by atoms with Crippen molar-refractivity contribution in [2.24, 2.45) is 5.73 Å². The van der Waals surface area contributed by atoms with Crippen molar-refractivity contribution < 1.29 is 78.4 Å². The zero-order valence-corrected chi connectivity index (χ0v) is 31.8. The van der Waals surface area contributed by atoms with Gasteiger partial charge in [0.05, 0.1) is 42.0 Å². The van der Waals surface area contributed by atoms with E-state index in [2.05, 4.69) is 10.6 Å². The van der Waals surface area contributed by atoms with Crippen LogP contribution in [0.2, 0.25) is 0 Å². The van der Waals surface area contributed by atoms with Gasteiger partial charge in [-0.2, -0.15) is 0 Å². The highest BCUT2D eigenvalue weighted by molar-refractivity contribution is 6.31. The van der Waals surface area contributed by atoms with Crippen LogP contribution in [0.3, 0.4) is 0 Å². The Morgan fingerprint density at radius 1 is 1.02 bits per heavy atom. The summed E-state index contributed by atoms with van der Waals surface area (Å²) in [4.78, 5) is 76.5. The van der Waals surface area contributed by atoms with Gasteiger partial charge in [-0.3, -0.25) is 24.0 Å². The van der Waals surface area contributed by atoms with Crippen molar-refractivity contribution in [2.75, 3.05) is 19.0 Å². The van der Waals surface area contributed by atoms with E-state index in [4.69, 9.17) is 29.8 Å². The number of amides is 2. The van der Waals surface area contributed by atoms with E-state index < -0.39 is 120 Å². The number of aliphatic hydroxyl groups excluding tert-OH is 2. The minimum Gasteiger partial charge on any atom is -0.507 e. The van der Waals surface area contributed by atoms with Crippen LogP contribution in [0.25, 0.3) is 0 Å². The number of aromatic hydroxyl groups is 2. The monoisotopic (exact) mass is 821 g/mol. The summed E-state index contributed by atoms with van der Waals surface area (Å²) >= 11 is 0. The molecule has 0 bridgehead atoms. The number of anilines is 1. The first kappa shape index (κ1) is 42.6. The summed E-state index contributed by atoms with van der Waals surface area (Å²) in [7, 11) is 1.29. The third kappa shape index (κ3) is 8.47. The van der Waals surface area contributed by atoms with E-state index in [0.717, 1.165) is 0 Å². The first-order chi connectivity index (χ1) is 28.0. The number of nitrogens with two attached hydrogens (primary N) is 1. The topological polar surface area (TPSA) is 311 Å². The van der Waals surface area contributed by atoms with Crippen molar-refractivity contribution in [3.05, 3.63) is 81.4 Å². The molecule has 0 aromatic heterocycles. The number of carbonyl (C=O) groups excluding carboxylic acids is 5. The number of carboxylic acid groups (broad SMARTS) is 1. The van der Waals surface area contributed by atoms with Crippen LogP contribution in [0.5, 0.6) is 17.2 Å². The number of phenols is 2. The minimum atomic E-state index is -2.38. The summed E-state index contributed by atoms with van der Waals surface area (Å²) in [5.74, 6) is -5.90. The number of nitrogens with one attached hydrogen (secondary N) is 2. The number of fused-ring (bicyclic) bond motifs is 3. The van der Waals surface area contributed by atoms with E-state index in [9.17, 15) is 54.3 Å². The number of aliphatic carboxylic acids is 1. The van der Waals surface area contributed by atoms with E-state index in [-0.39, 0.29) is 53.9 Å². The average Bonchev–Trinajstić information content (AvgIpc) is 3.20. The molecule has 2 aliphatic carbocycles. The van der Waals surface area contributed by atoms with Crippen LogP contribution in [0.4, 0.5) is 10.5 Å². The molecule has 2 amide bonds. The third-order valence-electron chi connectivity index (χ3n) is 10.7. The number of alkyl carbamates (subject to hydrolysis) is 1. The van der Waals surface area contributed by atoms with Gasteiger partial charge in [0, 0.05) is 48.1 Å². The van der Waals surface area contributed by atoms with Gasteiger partial charge in [0.2, 0.25) is 11.7 Å². The maximum absolute atomic E-state index is 13.9. The van der Waals surface area contributed by atoms with Gasteiger partial charge in [-0.1, -0.05) is 24.3 Å². The van der Waals surface area contributed by atoms with Crippen molar-refractivity contribution in [3.8, 4) is 17.2 Å². The molecular weight excluding hydrogens is 778 g/mol. The molecule has 19 heteroatoms. The highest BCUT2D eigenvalue weighted by Gasteiger charge is 2.50. The quantitative estimate of drug-likeness (QED) is 0.0853. The Bertz CT molecular complexity index is 2190. The van der Waals surface area contributed by atoms with Gasteiger partial charge in [-0.15, -0.1) is 0 Å². The molecular formula is C40H43N3O16. The van der Waals surface area contributed by atoms with Gasteiger partial charge in [-0.05, 0) is 37.1 Å². The molecule has 1 fully saturated rings. The Balaban J connectivity index is 1.18. The fraction of sp³-hybridized carbons (Fsp3) is 0.400. The average molecular weight is 822 g/mol. The van der Waals surface area contributed by atoms with Crippen LogP contribution in [-0.2, 0) is 41.6 Å². The zero-order chi connectivity index (χ0) is 42.9. The molecule has 0 radical (unpaired) electrons. The highest BCUT2D eigenvalue weighted by atomic mass is 16.7. The largest absolute Gasteiger partial charge is 0.507 e. The highest BCUT2D eigenvalue weighted by Crippen LogP contribution is 2.52. The van der Waals surface area contributed by atoms with E-state index in [1.807, 2.05) is 0 Å². The van der Waals surface area contributed by atoms with Crippen LogP contribution in [0, 0.1) is 0 Å². The Morgan fingerprint density at radius 3 is 2.37 bits per heavy atom. The SMILES string of the molecule is COc1cccc2c1C(=O)c1c(O)c3c(c(O)c1C2=O)C[C@@](O)(C(=O)CO)C[C@@H]3OC1CC(NC(=O)OCc2ccc(NC(=O)CC[C@H](N)C(=O)O)cc2)C(O)C(C)O1. The number of rotatable bonds is 13. The number of ketones is 3. The van der Waals surface area contributed by atoms with Crippen molar-refractivity contribution in [2.45, 2.75) is 87.9 Å². The normalized spacial score (nSPS) is 23.9. The Morgan fingerprint density at radius 2 is 1.71 bits per heavy atom. The molecule has 3 aromatic rings. The summed E-state index contributed by atoms with van der Waals surface area (Å²) in [6.45, 7) is 0.157. The summed E-state index contributed by atoms with van der Waals surface area (Å²) in [6.07, 6.45) is -7.73. The second-order valence-corrected chi connectivity index (χ2v) is 14.6. The standard InChI is InChI=1S/C40H43N3O16/c1-17-33(47)23(43-39(54)57-16-18-6-8-19(9-7-18)42-27(46)11-10-22(41)38(52)53)12-28(58-17)59-25-14-40(55,26(45)15-44)13-21-30(25)37(51)32-31(35(21)49)34(48)20-4-3-5-24(56-2)29(20)36(32)50/h3-9,17,22-23,25,28,33,44,47,49,51,55H,10-16,41H2,1-2H3,(H,42,46)(H,43,54)(H,52,53)/t17?,22-,23?,25-,28?,33?,40-/m0/s1. The summed E-state index contributed by atoms with van der Waals surface area (Å²) in [6, 6.07) is 8.29. The fourth-order valence-electron chi connectivity index (χ4n) is 7.52. The molecule has 4 unspecified atom stereocenters. The lowest BCUT2D eigenvalue weighted by Gasteiger charge is -2.42. The molecule has 6 rings (SSSR count). The lowest BCUT2D eigenvalue weighted by molar-refractivity contribution is -0.249. The van der Waals surface area contributed by atoms with Crippen LogP contribution >= 0.6 is 0 Å². The van der Waals surface area contributed by atoms with Crippen molar-refractivity contribution in [1.29, 1.82) is 0 Å². The van der Waals surface area contributed by atoms with E-state index in [1.54, 1.807) is 24.3 Å². The lowest BCUT2D eigenvalue weighted by Crippen LogP contribution is -2.56. The Kier molecular flexibility index (Phi) is 12.4. The molecule has 0 spiro atoms. The number of Topliss-reactive ketones (excluding diaryl/α,β-unsaturated/α-hetero) is 1. The number of carbonyl (C=O) groups is 6. The number of methoxy groups -OCH3 is 1. The van der Waals surface area contributed by atoms with Crippen LogP contribution in [0.15, 0.2) is 42.5 Å². The maximum atomic E-state index is 13.9. The molecule has 59 heavy (non-hydrogen) atoms. The lowest BCUT2D eigenvalue weighted by atomic mass is 9.72. The number of carboxylic acids is 1. The van der Waals surface area contributed by atoms with Gasteiger partial charge in [0.15, 0.2) is 17.9 Å². The molecule has 0 saturated carbocycles. The molecule has 19 nitrogen and oxygen atoms in total. The first-order valence-electron chi connectivity index (χ1n) is 18.5. The van der Waals surface area contributed by atoms with Crippen LogP contribution < -0.4 is 21.1 Å². The van der Waals surface area contributed by atoms with Crippen LogP contribution in [-0.4, -0.2) is 116 Å². The van der Waals surface area contributed by atoms with Crippen molar-refractivity contribution in [1.82, 2.24) is 5.32 Å². The van der Waals surface area contributed by atoms with E-state index in [1.165, 1.54) is 32.2 Å². The summed E-state index contributed by atoms with van der Waals surface area (Å²) in [5, 5.41) is 69.6. The van der Waals surface area contributed by atoms with Gasteiger partial charge < -0.3 is 66.0 Å². The number of aliphatic hydroxyl groups is 3. The third-order valence-corrected chi connectivity index (χ3v) is 10.7. The number of benzene rings is 3. The molecule has 1 saturated heterocycles. The second-order valence-electron chi connectivity index (χ2n) is 14.6. The maximum Gasteiger partial charge on any atom is 0.407 e. The number of phenolic OH excluding ortho intramolecular Hbond substituents is 2. The van der Waals surface area contributed by atoms with Crippen LogP contribution in [0.1, 0.15) is 87.2 Å². The predicted octanol–water partition coefficient (Wildman–Crippen LogP) is 1.10. The Hall–Kier alpha value is -5.96. The Labute approximate surface area is 335 Å². The molecule has 314 valence electrons. The van der Waals surface area contributed by atoms with E-state index in [0.29, 0.717) is 11.3 Å². The number of hydrogen-bond donors (Lipinski definition) is 9. The molecule has 3 aliphatic rings. The van der Waals surface area contributed by atoms with Gasteiger partial charge in [0.1, 0.15) is 48.2 Å². The summed E-state index contributed by atoms with van der Waals surface area (Å²) < 4.78 is 22.7. The fourth-order valence-corrected chi connectivity index (χ4v) is 7.52. The van der Waals surface area contributed by atoms with Gasteiger partial charge >= 0.3 is 12.1 Å². The molecule has 1 aliphatic heterocycles. The summed E-state index contributed by atoms with van der Waals surface area (Å²) in [5.41, 5.74) is 2.10. The molecule has 10 N–H and O–H groups in total. The smallest absolute Gasteiger partial charge is 0.407 e. The molecule has 7 atom stereocenters. The second kappa shape index (κ2) is 17.1. The van der Waals surface area contributed by atoms with Gasteiger partial charge in [-0.25, -0.2) is 4.79 Å².